The third-order valence-electron chi connectivity index (χ3n) is 6.09. The molecule has 0 atom stereocenters. The number of hydrogen-bond acceptors (Lipinski definition) is 1. The maximum absolute atomic E-state index is 8.00. The molecule has 4 heteroatoms. The first-order chi connectivity index (χ1) is 19.9. The van der Waals surface area contributed by atoms with Crippen LogP contribution in [-0.4, -0.2) is 6.79 Å². The molecule has 205 valence electrons. The molecule has 0 unspecified atom stereocenters. The minimum absolute atomic E-state index is 0. The normalized spacial score (nSPS) is 9.90. The summed E-state index contributed by atoms with van der Waals surface area (Å²) in [5.74, 6) is 0. The van der Waals surface area contributed by atoms with E-state index in [0.29, 0.717) is 0 Å². The predicted molar refractivity (Wildman–Crippen MR) is 177 cm³/mol. The van der Waals surface area contributed by atoms with Crippen LogP contribution < -0.4 is 31.8 Å². The number of carbonyl (C=O) groups excluding carboxylic acids is 1. The molecular formula is C37H32OP2Rh. The van der Waals surface area contributed by atoms with Gasteiger partial charge in [-0.15, -0.1) is 0 Å². The van der Waals surface area contributed by atoms with Crippen molar-refractivity contribution in [2.24, 2.45) is 0 Å². The molecule has 0 N–H and O–H groups in total. The molecular weight excluding hydrogens is 625 g/mol. The Bertz CT molecular complexity index is 1200. The smallest absolute Gasteiger partial charge is 0.106 e. The minimum atomic E-state index is -0.446. The molecule has 0 fully saturated rings. The number of hydrogen-bond donors (Lipinski definition) is 0. The van der Waals surface area contributed by atoms with E-state index in [4.69, 9.17) is 4.79 Å². The number of carbonyl (C=O) groups is 1. The van der Waals surface area contributed by atoms with Gasteiger partial charge in [-0.05, 0) is 47.7 Å². The van der Waals surface area contributed by atoms with E-state index in [9.17, 15) is 0 Å². The molecule has 0 heterocycles. The molecule has 0 saturated heterocycles. The van der Waals surface area contributed by atoms with Crippen LogP contribution in [0.4, 0.5) is 0 Å². The van der Waals surface area contributed by atoms with Gasteiger partial charge in [-0.3, -0.25) is 0 Å². The molecule has 0 spiro atoms. The van der Waals surface area contributed by atoms with Gasteiger partial charge >= 0.3 is 0 Å². The van der Waals surface area contributed by atoms with Crippen LogP contribution in [0.3, 0.4) is 0 Å². The van der Waals surface area contributed by atoms with Crippen molar-refractivity contribution in [3.8, 4) is 0 Å². The first-order valence-electron chi connectivity index (χ1n) is 13.1. The second-order valence-electron chi connectivity index (χ2n) is 8.68. The van der Waals surface area contributed by atoms with Gasteiger partial charge in [-0.1, -0.05) is 182 Å². The first-order valence-corrected chi connectivity index (χ1v) is 15.8. The summed E-state index contributed by atoms with van der Waals surface area (Å²) in [5, 5.41) is 8.39. The van der Waals surface area contributed by atoms with Crippen LogP contribution in [0.5, 0.6) is 0 Å². The molecule has 1 radical (unpaired) electrons. The standard InChI is InChI=1S/2C18H15P.CH2O.Rh/c2*1-4-10-16(11-5-1)19(17-12-6-2-7-13-17)18-14-8-3-9-15-18;1-2;/h2*1-15H;1H2;. The van der Waals surface area contributed by atoms with E-state index in [2.05, 4.69) is 182 Å². The molecule has 0 bridgehead atoms. The summed E-state index contributed by atoms with van der Waals surface area (Å²) < 4.78 is 0. The fraction of sp³-hybridized carbons (Fsp3) is 0. The Balaban J connectivity index is 0.000000208. The van der Waals surface area contributed by atoms with Crippen molar-refractivity contribution < 1.29 is 24.3 Å². The Kier molecular flexibility index (Phi) is 14.1. The van der Waals surface area contributed by atoms with Crippen molar-refractivity contribution in [2.75, 3.05) is 0 Å². The summed E-state index contributed by atoms with van der Waals surface area (Å²) in [5.41, 5.74) is 0. The summed E-state index contributed by atoms with van der Waals surface area (Å²) in [6, 6.07) is 64.7. The van der Waals surface area contributed by atoms with E-state index in [1.54, 1.807) is 0 Å². The fourth-order valence-corrected chi connectivity index (χ4v) is 8.97. The number of rotatable bonds is 6. The Morgan fingerprint density at radius 2 is 0.390 bits per heavy atom. The van der Waals surface area contributed by atoms with Gasteiger partial charge in [0, 0.05) is 19.5 Å². The van der Waals surface area contributed by atoms with Gasteiger partial charge in [0.05, 0.1) is 0 Å². The first kappa shape index (κ1) is 32.0. The SMILES string of the molecule is C=O.[Rh].c1ccc(P(c2ccccc2)c2ccccc2)cc1.c1ccc(P(c2ccccc2)c2ccccc2)cc1. The van der Waals surface area contributed by atoms with Crippen molar-refractivity contribution in [2.45, 2.75) is 0 Å². The van der Waals surface area contributed by atoms with Gasteiger partial charge in [0.1, 0.15) is 6.79 Å². The third kappa shape index (κ3) is 9.24. The molecule has 1 nitrogen and oxygen atoms in total. The zero-order valence-electron chi connectivity index (χ0n) is 22.7. The Morgan fingerprint density at radius 3 is 0.512 bits per heavy atom. The van der Waals surface area contributed by atoms with Crippen molar-refractivity contribution in [1.82, 2.24) is 0 Å². The second kappa shape index (κ2) is 18.0. The van der Waals surface area contributed by atoms with Gasteiger partial charge in [-0.25, -0.2) is 0 Å². The van der Waals surface area contributed by atoms with E-state index in [1.165, 1.54) is 31.8 Å². The van der Waals surface area contributed by atoms with Gasteiger partial charge in [0.2, 0.25) is 0 Å². The average molecular weight is 658 g/mol. The minimum Gasteiger partial charge on any atom is -0.307 e. The van der Waals surface area contributed by atoms with Gasteiger partial charge in [0.15, 0.2) is 0 Å². The summed E-state index contributed by atoms with van der Waals surface area (Å²) in [4.78, 5) is 8.00. The molecule has 6 rings (SSSR count). The van der Waals surface area contributed by atoms with Gasteiger partial charge < -0.3 is 4.79 Å². The summed E-state index contributed by atoms with van der Waals surface area (Å²) >= 11 is 0. The van der Waals surface area contributed by atoms with Crippen molar-refractivity contribution >= 4 is 54.5 Å². The maximum atomic E-state index is 8.00. The topological polar surface area (TPSA) is 17.1 Å². The van der Waals surface area contributed by atoms with Crippen LogP contribution in [0, 0.1) is 0 Å². The van der Waals surface area contributed by atoms with Crippen LogP contribution in [0.2, 0.25) is 0 Å². The van der Waals surface area contributed by atoms with Crippen LogP contribution in [0.1, 0.15) is 0 Å². The van der Waals surface area contributed by atoms with Crippen molar-refractivity contribution in [1.29, 1.82) is 0 Å². The number of benzene rings is 6. The molecule has 0 aliphatic heterocycles. The van der Waals surface area contributed by atoms with Crippen molar-refractivity contribution in [3.63, 3.8) is 0 Å². The maximum Gasteiger partial charge on any atom is 0.106 e. The largest absolute Gasteiger partial charge is 0.307 e. The van der Waals surface area contributed by atoms with Crippen molar-refractivity contribution in [3.05, 3.63) is 182 Å². The predicted octanol–water partition coefficient (Wildman–Crippen LogP) is 6.70. The molecule has 6 aromatic carbocycles. The molecule has 0 saturated carbocycles. The molecule has 0 aliphatic carbocycles. The van der Waals surface area contributed by atoms with Gasteiger partial charge in [-0.2, -0.15) is 0 Å². The molecule has 41 heavy (non-hydrogen) atoms. The van der Waals surface area contributed by atoms with E-state index in [0.717, 1.165) is 0 Å². The fourth-order valence-electron chi connectivity index (χ4n) is 4.36. The zero-order chi connectivity index (χ0) is 27.8. The Morgan fingerprint density at radius 1 is 0.268 bits per heavy atom. The van der Waals surface area contributed by atoms with E-state index < -0.39 is 15.8 Å². The van der Waals surface area contributed by atoms with Crippen LogP contribution in [-0.2, 0) is 24.3 Å². The third-order valence-corrected chi connectivity index (χ3v) is 11.0. The zero-order valence-corrected chi connectivity index (χ0v) is 26.1. The van der Waals surface area contributed by atoms with Crippen LogP contribution in [0.15, 0.2) is 182 Å². The average Bonchev–Trinajstić information content (AvgIpc) is 3.06. The molecule has 0 aliphatic rings. The summed E-state index contributed by atoms with van der Waals surface area (Å²) in [7, 11) is -0.892. The summed E-state index contributed by atoms with van der Waals surface area (Å²) in [6.07, 6.45) is 0. The van der Waals surface area contributed by atoms with E-state index in [-0.39, 0.29) is 19.5 Å². The van der Waals surface area contributed by atoms with E-state index in [1.807, 2.05) is 6.79 Å². The second-order valence-corrected chi connectivity index (χ2v) is 13.1. The monoisotopic (exact) mass is 657 g/mol. The molecule has 0 aromatic heterocycles. The Hall–Kier alpha value is -3.53. The quantitative estimate of drug-likeness (QED) is 0.144. The van der Waals surface area contributed by atoms with E-state index >= 15 is 0 Å². The van der Waals surface area contributed by atoms with Crippen LogP contribution in [0.25, 0.3) is 0 Å². The molecule has 0 amide bonds. The Labute approximate surface area is 259 Å². The summed E-state index contributed by atoms with van der Waals surface area (Å²) in [6.45, 7) is 2.00. The van der Waals surface area contributed by atoms with Crippen LogP contribution >= 0.6 is 15.8 Å². The molecule has 6 aromatic rings. The van der Waals surface area contributed by atoms with Gasteiger partial charge in [0.25, 0.3) is 0 Å².